The van der Waals surface area contributed by atoms with Gasteiger partial charge in [0.25, 0.3) is 0 Å². The zero-order chi connectivity index (χ0) is 11.1. The highest BCUT2D eigenvalue weighted by molar-refractivity contribution is 5.57. The van der Waals surface area contributed by atoms with Crippen molar-refractivity contribution in [2.24, 2.45) is 0 Å². The van der Waals surface area contributed by atoms with Crippen molar-refractivity contribution in [1.82, 2.24) is 0 Å². The molecule has 0 unspecified atom stereocenters. The smallest absolute Gasteiger partial charge is 0.135 e. The van der Waals surface area contributed by atoms with Crippen LogP contribution < -0.4 is 5.73 Å². The lowest BCUT2D eigenvalue weighted by atomic mass is 9.81. The van der Waals surface area contributed by atoms with Gasteiger partial charge in [0.2, 0.25) is 0 Å². The van der Waals surface area contributed by atoms with E-state index >= 15 is 0 Å². The highest BCUT2D eigenvalue weighted by Gasteiger charge is 2.27. The first-order chi connectivity index (χ1) is 7.79. The molecule has 16 heavy (non-hydrogen) atoms. The van der Waals surface area contributed by atoms with E-state index in [0.29, 0.717) is 0 Å². The number of hydrogen-bond acceptors (Lipinski definition) is 0. The Morgan fingerprint density at radius 3 is 1.50 bits per heavy atom. The Bertz CT molecular complexity index is 359. The van der Waals surface area contributed by atoms with Crippen LogP contribution in [-0.4, -0.2) is 0 Å². The molecule has 3 rings (SSSR count). The van der Waals surface area contributed by atoms with Crippen molar-refractivity contribution in [2.45, 2.75) is 51.4 Å². The molecule has 0 saturated carbocycles. The van der Waals surface area contributed by atoms with Crippen molar-refractivity contribution in [1.29, 1.82) is 0 Å². The van der Waals surface area contributed by atoms with Crippen molar-refractivity contribution in [3.63, 3.8) is 0 Å². The van der Waals surface area contributed by atoms with E-state index < -0.39 is 0 Å². The molecule has 0 radical (unpaired) electrons. The summed E-state index contributed by atoms with van der Waals surface area (Å²) in [5.41, 5.74) is 9.87. The average Bonchev–Trinajstić information content (AvgIpc) is 2.36. The molecule has 0 amide bonds. The third-order valence-corrected chi connectivity index (χ3v) is 4.19. The standard InChI is InChI=1S/C14H18FN/c15-13-9-5-1-3-7-11(9)14(16)12-8-4-2-6-10(12)13/h1-8,16H2/p+1. The Balaban J connectivity index is 2.24. The fourth-order valence-electron chi connectivity index (χ4n) is 3.33. The third kappa shape index (κ3) is 1.40. The lowest BCUT2D eigenvalue weighted by Crippen LogP contribution is -2.44. The summed E-state index contributed by atoms with van der Waals surface area (Å²) < 4.78 is 14.4. The third-order valence-electron chi connectivity index (χ3n) is 4.19. The van der Waals surface area contributed by atoms with Crippen LogP contribution in [0.25, 0.3) is 0 Å². The summed E-state index contributed by atoms with van der Waals surface area (Å²) in [7, 11) is 0. The maximum absolute atomic E-state index is 14.4. The predicted octanol–water partition coefficient (Wildman–Crippen LogP) is 2.46. The summed E-state index contributed by atoms with van der Waals surface area (Å²) in [5.74, 6) is 0.122. The van der Waals surface area contributed by atoms with Gasteiger partial charge in [0.05, 0.1) is 0 Å². The van der Waals surface area contributed by atoms with Crippen LogP contribution in [0.5, 0.6) is 0 Å². The van der Waals surface area contributed by atoms with Crippen LogP contribution in [0, 0.1) is 5.82 Å². The minimum Gasteiger partial charge on any atom is -0.325 e. The zero-order valence-electron chi connectivity index (χ0n) is 9.74. The molecule has 2 heteroatoms. The Morgan fingerprint density at radius 2 is 1.06 bits per heavy atom. The van der Waals surface area contributed by atoms with E-state index in [4.69, 9.17) is 0 Å². The molecule has 1 aromatic carbocycles. The second-order valence-corrected chi connectivity index (χ2v) is 5.12. The van der Waals surface area contributed by atoms with Gasteiger partial charge in [-0.05, 0) is 62.5 Å². The number of hydrogen-bond donors (Lipinski definition) is 1. The lowest BCUT2D eigenvalue weighted by Gasteiger charge is -2.24. The fraction of sp³-hybridized carbons (Fsp3) is 0.571. The summed E-state index contributed by atoms with van der Waals surface area (Å²) >= 11 is 0. The molecule has 3 N–H and O–H groups in total. The molecular weight excluding hydrogens is 201 g/mol. The molecule has 86 valence electrons. The van der Waals surface area contributed by atoms with Crippen LogP contribution in [0.3, 0.4) is 0 Å². The largest absolute Gasteiger partial charge is 0.325 e. The molecule has 0 bridgehead atoms. The average molecular weight is 220 g/mol. The maximum atomic E-state index is 14.4. The number of halogens is 1. The summed E-state index contributed by atoms with van der Waals surface area (Å²) in [6.07, 6.45) is 8.62. The molecule has 0 heterocycles. The number of quaternary nitrogens is 1. The number of benzene rings is 1. The van der Waals surface area contributed by atoms with Gasteiger partial charge < -0.3 is 5.73 Å². The van der Waals surface area contributed by atoms with E-state index in [2.05, 4.69) is 5.73 Å². The molecule has 2 aliphatic rings. The Morgan fingerprint density at radius 1 is 0.688 bits per heavy atom. The second kappa shape index (κ2) is 3.85. The summed E-state index contributed by atoms with van der Waals surface area (Å²) in [6.45, 7) is 0. The molecular formula is C14H19FN+. The fourth-order valence-corrected chi connectivity index (χ4v) is 3.33. The van der Waals surface area contributed by atoms with E-state index in [0.717, 1.165) is 49.7 Å². The molecule has 0 saturated heterocycles. The van der Waals surface area contributed by atoms with Crippen LogP contribution in [0.1, 0.15) is 47.9 Å². The normalized spacial score (nSPS) is 19.1. The van der Waals surface area contributed by atoms with Gasteiger partial charge in [-0.2, -0.15) is 0 Å². The maximum Gasteiger partial charge on any atom is 0.135 e. The van der Waals surface area contributed by atoms with E-state index in [1.165, 1.54) is 29.7 Å². The molecule has 2 aliphatic carbocycles. The predicted molar refractivity (Wildman–Crippen MR) is 62.2 cm³/mol. The van der Waals surface area contributed by atoms with Gasteiger partial charge >= 0.3 is 0 Å². The number of fused-ring (bicyclic) bond motifs is 2. The minimum atomic E-state index is 0.122. The molecule has 1 nitrogen and oxygen atoms in total. The van der Waals surface area contributed by atoms with Crippen LogP contribution >= 0.6 is 0 Å². The molecule has 0 fully saturated rings. The second-order valence-electron chi connectivity index (χ2n) is 5.12. The van der Waals surface area contributed by atoms with Crippen molar-refractivity contribution in [2.75, 3.05) is 0 Å². The topological polar surface area (TPSA) is 27.6 Å². The van der Waals surface area contributed by atoms with Gasteiger partial charge in [0, 0.05) is 11.1 Å². The van der Waals surface area contributed by atoms with Gasteiger partial charge in [-0.1, -0.05) is 0 Å². The first kappa shape index (κ1) is 10.3. The quantitative estimate of drug-likeness (QED) is 0.695. The summed E-state index contributed by atoms with van der Waals surface area (Å²) in [4.78, 5) is 0. The zero-order valence-corrected chi connectivity index (χ0v) is 9.74. The SMILES string of the molecule is [NH3+]c1c2c(c(F)c3c1CCCC3)CCCC2. The van der Waals surface area contributed by atoms with E-state index in [9.17, 15) is 4.39 Å². The van der Waals surface area contributed by atoms with E-state index in [-0.39, 0.29) is 5.82 Å². The molecule has 0 atom stereocenters. The van der Waals surface area contributed by atoms with Crippen LogP contribution in [0.4, 0.5) is 10.1 Å². The number of rotatable bonds is 0. The van der Waals surface area contributed by atoms with Gasteiger partial charge in [-0.15, -0.1) is 0 Å². The molecule has 0 spiro atoms. The van der Waals surface area contributed by atoms with Crippen molar-refractivity contribution in [3.05, 3.63) is 28.1 Å². The first-order valence-corrected chi connectivity index (χ1v) is 6.46. The minimum absolute atomic E-state index is 0.122. The van der Waals surface area contributed by atoms with Crippen molar-refractivity contribution in [3.8, 4) is 0 Å². The lowest BCUT2D eigenvalue weighted by molar-refractivity contribution is -0.257. The van der Waals surface area contributed by atoms with Crippen molar-refractivity contribution >= 4 is 5.69 Å². The van der Waals surface area contributed by atoms with Gasteiger partial charge in [-0.3, -0.25) is 0 Å². The highest BCUT2D eigenvalue weighted by Crippen LogP contribution is 2.36. The van der Waals surface area contributed by atoms with E-state index in [1.54, 1.807) is 0 Å². The first-order valence-electron chi connectivity index (χ1n) is 6.46. The summed E-state index contributed by atoms with van der Waals surface area (Å²) in [5, 5.41) is 0. The van der Waals surface area contributed by atoms with Gasteiger partial charge in [-0.25, -0.2) is 4.39 Å². The Kier molecular flexibility index (Phi) is 2.47. The van der Waals surface area contributed by atoms with Crippen molar-refractivity contribution < 1.29 is 10.1 Å². The Hall–Kier alpha value is -0.890. The van der Waals surface area contributed by atoms with Gasteiger partial charge in [0.15, 0.2) is 0 Å². The molecule has 0 aliphatic heterocycles. The van der Waals surface area contributed by atoms with Crippen LogP contribution in [-0.2, 0) is 25.7 Å². The van der Waals surface area contributed by atoms with Crippen LogP contribution in [0.2, 0.25) is 0 Å². The molecule has 0 aromatic heterocycles. The highest BCUT2D eigenvalue weighted by atomic mass is 19.1. The molecule has 1 aromatic rings. The monoisotopic (exact) mass is 220 g/mol. The van der Waals surface area contributed by atoms with Gasteiger partial charge in [0.1, 0.15) is 11.5 Å². The van der Waals surface area contributed by atoms with Crippen LogP contribution in [0.15, 0.2) is 0 Å². The summed E-state index contributed by atoms with van der Waals surface area (Å²) in [6, 6.07) is 0. The van der Waals surface area contributed by atoms with E-state index in [1.807, 2.05) is 0 Å². The Labute approximate surface area is 95.8 Å².